The lowest BCUT2D eigenvalue weighted by Gasteiger charge is -2.06. The Balaban J connectivity index is 2.21. The third kappa shape index (κ3) is 3.29. The normalized spacial score (nSPS) is 11.4. The molecule has 0 radical (unpaired) electrons. The Bertz CT molecular complexity index is 597. The highest BCUT2D eigenvalue weighted by molar-refractivity contribution is 9.10. The van der Waals surface area contributed by atoms with Crippen LogP contribution in [0.1, 0.15) is 15.4 Å². The standard InChI is InChI=1S/C10H5BrF3N3OS/c11-5-1-2-6(15-3-5)17-9(18)7-8(10(12,13)14)16-4-19-7/h1-4H,(H,15,17,18). The highest BCUT2D eigenvalue weighted by Crippen LogP contribution is 2.32. The first-order valence-corrected chi connectivity index (χ1v) is 6.49. The highest BCUT2D eigenvalue weighted by Gasteiger charge is 2.38. The van der Waals surface area contributed by atoms with Gasteiger partial charge < -0.3 is 5.32 Å². The van der Waals surface area contributed by atoms with Crippen LogP contribution in [0.15, 0.2) is 28.3 Å². The Morgan fingerprint density at radius 3 is 2.63 bits per heavy atom. The number of alkyl halides is 3. The monoisotopic (exact) mass is 351 g/mol. The summed E-state index contributed by atoms with van der Waals surface area (Å²) in [7, 11) is 0. The van der Waals surface area contributed by atoms with Gasteiger partial charge in [0.15, 0.2) is 5.69 Å². The molecular weight excluding hydrogens is 347 g/mol. The van der Waals surface area contributed by atoms with Crippen LogP contribution in [0.2, 0.25) is 0 Å². The molecule has 0 aliphatic carbocycles. The number of pyridine rings is 1. The van der Waals surface area contributed by atoms with E-state index in [0.29, 0.717) is 15.8 Å². The number of amides is 1. The van der Waals surface area contributed by atoms with Gasteiger partial charge in [0.1, 0.15) is 10.7 Å². The van der Waals surface area contributed by atoms with E-state index in [1.807, 2.05) is 0 Å². The van der Waals surface area contributed by atoms with Gasteiger partial charge in [0.05, 0.1) is 5.51 Å². The summed E-state index contributed by atoms with van der Waals surface area (Å²) in [5, 5.41) is 2.28. The maximum atomic E-state index is 12.6. The zero-order valence-electron chi connectivity index (χ0n) is 9.03. The molecule has 9 heteroatoms. The van der Waals surface area contributed by atoms with Crippen molar-refractivity contribution in [2.24, 2.45) is 0 Å². The largest absolute Gasteiger partial charge is 0.434 e. The minimum absolute atomic E-state index is 0.162. The molecule has 2 heterocycles. The van der Waals surface area contributed by atoms with Crippen molar-refractivity contribution in [3.05, 3.63) is 38.9 Å². The molecule has 0 spiro atoms. The van der Waals surface area contributed by atoms with Crippen LogP contribution in [0.3, 0.4) is 0 Å². The van der Waals surface area contributed by atoms with Crippen LogP contribution >= 0.6 is 27.3 Å². The number of halogens is 4. The Labute approximate surface area is 117 Å². The van der Waals surface area contributed by atoms with E-state index in [-0.39, 0.29) is 5.82 Å². The van der Waals surface area contributed by atoms with Crippen molar-refractivity contribution in [1.29, 1.82) is 0 Å². The average Bonchev–Trinajstić information content (AvgIpc) is 2.81. The van der Waals surface area contributed by atoms with Gasteiger partial charge >= 0.3 is 6.18 Å². The summed E-state index contributed by atoms with van der Waals surface area (Å²) in [6, 6.07) is 3.08. The van der Waals surface area contributed by atoms with Gasteiger partial charge in [0.2, 0.25) is 0 Å². The van der Waals surface area contributed by atoms with Crippen molar-refractivity contribution in [3.63, 3.8) is 0 Å². The SMILES string of the molecule is O=C(Nc1ccc(Br)cn1)c1scnc1C(F)(F)F. The highest BCUT2D eigenvalue weighted by atomic mass is 79.9. The molecule has 19 heavy (non-hydrogen) atoms. The predicted molar refractivity (Wildman–Crippen MR) is 67.0 cm³/mol. The predicted octanol–water partition coefficient (Wildman–Crippen LogP) is 3.57. The zero-order valence-corrected chi connectivity index (χ0v) is 11.4. The molecule has 2 aromatic rings. The molecule has 0 bridgehead atoms. The second-order valence-corrected chi connectivity index (χ2v) is 5.11. The van der Waals surface area contributed by atoms with E-state index in [9.17, 15) is 18.0 Å². The van der Waals surface area contributed by atoms with Crippen LogP contribution in [-0.4, -0.2) is 15.9 Å². The number of hydrogen-bond donors (Lipinski definition) is 1. The fourth-order valence-corrected chi connectivity index (χ4v) is 2.17. The van der Waals surface area contributed by atoms with E-state index in [1.165, 1.54) is 12.3 Å². The first-order chi connectivity index (χ1) is 8.88. The minimum atomic E-state index is -4.65. The number of carbonyl (C=O) groups excluding carboxylic acids is 1. The molecule has 0 aliphatic heterocycles. The van der Waals surface area contributed by atoms with Gasteiger partial charge in [0, 0.05) is 10.7 Å². The van der Waals surface area contributed by atoms with Gasteiger partial charge in [-0.15, -0.1) is 11.3 Å². The topological polar surface area (TPSA) is 54.9 Å². The van der Waals surface area contributed by atoms with Crippen molar-refractivity contribution < 1.29 is 18.0 Å². The smallest absolute Gasteiger partial charge is 0.306 e. The summed E-state index contributed by atoms with van der Waals surface area (Å²) in [5.41, 5.74) is -0.209. The molecule has 0 saturated heterocycles. The van der Waals surface area contributed by atoms with Crippen molar-refractivity contribution in [3.8, 4) is 0 Å². The fourth-order valence-electron chi connectivity index (χ4n) is 1.23. The molecule has 1 amide bonds. The Morgan fingerprint density at radius 1 is 1.32 bits per heavy atom. The molecule has 0 saturated carbocycles. The first-order valence-electron chi connectivity index (χ1n) is 4.81. The van der Waals surface area contributed by atoms with Crippen molar-refractivity contribution in [2.75, 3.05) is 5.32 Å². The summed E-state index contributed by atoms with van der Waals surface area (Å²) in [6.45, 7) is 0. The van der Waals surface area contributed by atoms with Gasteiger partial charge in [0.25, 0.3) is 5.91 Å². The van der Waals surface area contributed by atoms with Crippen molar-refractivity contribution in [1.82, 2.24) is 9.97 Å². The van der Waals surface area contributed by atoms with Crippen LogP contribution in [0, 0.1) is 0 Å². The van der Waals surface area contributed by atoms with E-state index in [2.05, 4.69) is 31.2 Å². The summed E-state index contributed by atoms with van der Waals surface area (Å²) in [6.07, 6.45) is -3.23. The molecule has 4 nitrogen and oxygen atoms in total. The second kappa shape index (κ2) is 5.25. The molecule has 1 N–H and O–H groups in total. The Hall–Kier alpha value is -1.48. The summed E-state index contributed by atoms with van der Waals surface area (Å²) in [4.78, 5) is 18.3. The number of thiazole rings is 1. The summed E-state index contributed by atoms with van der Waals surface area (Å²) < 4.78 is 38.4. The molecule has 0 aliphatic rings. The molecule has 2 aromatic heterocycles. The van der Waals surface area contributed by atoms with E-state index >= 15 is 0 Å². The lowest BCUT2D eigenvalue weighted by molar-refractivity contribution is -0.141. The third-order valence-corrected chi connectivity index (χ3v) is 3.31. The second-order valence-electron chi connectivity index (χ2n) is 3.34. The van der Waals surface area contributed by atoms with Crippen LogP contribution in [0.4, 0.5) is 19.0 Å². The Kier molecular flexibility index (Phi) is 3.85. The number of hydrogen-bond acceptors (Lipinski definition) is 4. The first kappa shape index (κ1) is 13.9. The zero-order chi connectivity index (χ0) is 14.0. The van der Waals surface area contributed by atoms with Gasteiger partial charge in [-0.1, -0.05) is 0 Å². The van der Waals surface area contributed by atoms with Gasteiger partial charge in [-0.2, -0.15) is 13.2 Å². The average molecular weight is 352 g/mol. The molecule has 0 aromatic carbocycles. The fraction of sp³-hybridized carbons (Fsp3) is 0.100. The number of aromatic nitrogens is 2. The number of carbonyl (C=O) groups is 1. The maximum Gasteiger partial charge on any atom is 0.434 e. The molecule has 0 unspecified atom stereocenters. The number of anilines is 1. The van der Waals surface area contributed by atoms with Gasteiger partial charge in [-0.05, 0) is 28.1 Å². The van der Waals surface area contributed by atoms with Crippen LogP contribution < -0.4 is 5.32 Å². The third-order valence-electron chi connectivity index (χ3n) is 2.01. The van der Waals surface area contributed by atoms with E-state index in [4.69, 9.17) is 0 Å². The maximum absolute atomic E-state index is 12.6. The van der Waals surface area contributed by atoms with Crippen LogP contribution in [0.5, 0.6) is 0 Å². The lowest BCUT2D eigenvalue weighted by atomic mass is 10.3. The summed E-state index contributed by atoms with van der Waals surface area (Å²) >= 11 is 3.78. The minimum Gasteiger partial charge on any atom is -0.306 e. The molecule has 2 rings (SSSR count). The lowest BCUT2D eigenvalue weighted by Crippen LogP contribution is -2.17. The summed E-state index contributed by atoms with van der Waals surface area (Å²) in [5.74, 6) is -0.723. The quantitative estimate of drug-likeness (QED) is 0.899. The Morgan fingerprint density at radius 2 is 2.05 bits per heavy atom. The van der Waals surface area contributed by atoms with Crippen LogP contribution in [0.25, 0.3) is 0 Å². The number of nitrogens with zero attached hydrogens (tertiary/aromatic N) is 2. The van der Waals surface area contributed by atoms with E-state index < -0.39 is 22.7 Å². The van der Waals surface area contributed by atoms with Gasteiger partial charge in [-0.3, -0.25) is 4.79 Å². The molecular formula is C10H5BrF3N3OS. The van der Waals surface area contributed by atoms with E-state index in [0.717, 1.165) is 5.51 Å². The molecule has 0 atom stereocenters. The molecule has 100 valence electrons. The molecule has 0 fully saturated rings. The van der Waals surface area contributed by atoms with Crippen molar-refractivity contribution in [2.45, 2.75) is 6.18 Å². The van der Waals surface area contributed by atoms with E-state index in [1.54, 1.807) is 6.07 Å². The van der Waals surface area contributed by atoms with Crippen LogP contribution in [-0.2, 0) is 6.18 Å². The van der Waals surface area contributed by atoms with Gasteiger partial charge in [-0.25, -0.2) is 9.97 Å². The number of rotatable bonds is 2. The number of nitrogens with one attached hydrogen (secondary N) is 1. The van der Waals surface area contributed by atoms with Crippen molar-refractivity contribution >= 4 is 39.0 Å².